The monoisotopic (exact) mass is 445 g/mol. The van der Waals surface area contributed by atoms with E-state index in [1.54, 1.807) is 0 Å². The Kier molecular flexibility index (Phi) is 5.55. The van der Waals surface area contributed by atoms with Gasteiger partial charge in [0.2, 0.25) is 11.4 Å². The fourth-order valence-corrected chi connectivity index (χ4v) is 5.25. The maximum Gasteiger partial charge on any atom is 0.634 e. The molecule has 146 valence electrons. The molecule has 0 N–H and O–H groups in total. The van der Waals surface area contributed by atoms with Crippen molar-refractivity contribution in [2.24, 2.45) is 0 Å². The van der Waals surface area contributed by atoms with E-state index in [0.29, 0.717) is 0 Å². The second kappa shape index (κ2) is 8.12. The molecule has 2 nitrogen and oxygen atoms in total. The van der Waals surface area contributed by atoms with Crippen LogP contribution < -0.4 is 14.4 Å². The Morgan fingerprint density at radius 3 is 1.76 bits per heavy atom. The molecule has 0 aliphatic carbocycles. The van der Waals surface area contributed by atoms with Crippen molar-refractivity contribution in [2.75, 3.05) is 0 Å². The Morgan fingerprint density at radius 2 is 1.31 bits per heavy atom. The van der Waals surface area contributed by atoms with Crippen LogP contribution in [0.1, 0.15) is 29.5 Å². The minimum absolute atomic E-state index is 0.991. The lowest BCUT2D eigenvalue weighted by atomic mass is 9.67. The van der Waals surface area contributed by atoms with Crippen LogP contribution in [0.4, 0.5) is 0 Å². The molecule has 2 aromatic heterocycles. The topological polar surface area (TPSA) is 7.76 Å². The van der Waals surface area contributed by atoms with Gasteiger partial charge in [-0.05, 0) is 49.2 Å². The third kappa shape index (κ3) is 3.51. The second-order valence-electron chi connectivity index (χ2n) is 7.90. The lowest BCUT2D eigenvalue weighted by Crippen LogP contribution is -2.80. The van der Waals surface area contributed by atoms with Crippen molar-refractivity contribution >= 4 is 26.5 Å². The normalized spacial score (nSPS) is 13.6. The Labute approximate surface area is 182 Å². The van der Waals surface area contributed by atoms with Gasteiger partial charge in [0.05, 0.1) is 0 Å². The van der Waals surface area contributed by atoms with E-state index >= 15 is 0 Å². The first-order valence-electron chi connectivity index (χ1n) is 10.3. The first-order valence-corrected chi connectivity index (χ1v) is 11.2. The van der Waals surface area contributed by atoms with E-state index in [9.17, 15) is 0 Å². The molecule has 29 heavy (non-hydrogen) atoms. The summed E-state index contributed by atoms with van der Waals surface area (Å²) in [6.45, 7) is 9.88. The van der Waals surface area contributed by atoms with Gasteiger partial charge in [-0.1, -0.05) is 42.0 Å². The van der Waals surface area contributed by atoms with Crippen LogP contribution in [0, 0.1) is 6.92 Å². The van der Waals surface area contributed by atoms with Crippen LogP contribution in [-0.2, 0) is 12.8 Å². The molecule has 1 aromatic carbocycles. The average Bonchev–Trinajstić information content (AvgIpc) is 3.00. The summed E-state index contributed by atoms with van der Waals surface area (Å²) in [6, 6.07) is 18.0. The van der Waals surface area contributed by atoms with Crippen molar-refractivity contribution < 1.29 is 8.96 Å². The van der Waals surface area contributed by atoms with Crippen LogP contribution in [0.25, 0.3) is 11.4 Å². The molecule has 0 fully saturated rings. The molecule has 3 aromatic rings. The van der Waals surface area contributed by atoms with Gasteiger partial charge in [0.15, 0.2) is 0 Å². The molecule has 4 rings (SSSR count). The minimum Gasteiger partial charge on any atom is -0.334 e. The molecule has 0 saturated carbocycles. The molecule has 0 atom stereocenters. The van der Waals surface area contributed by atoms with Gasteiger partial charge < -0.3 is 8.96 Å². The van der Waals surface area contributed by atoms with Gasteiger partial charge >= 0.3 is 5.24 Å². The number of aromatic nitrogens is 2. The summed E-state index contributed by atoms with van der Waals surface area (Å²) in [7, 11) is 0. The number of hydrogen-bond donors (Lipinski definition) is 0. The van der Waals surface area contributed by atoms with Crippen molar-refractivity contribution in [3.63, 3.8) is 0 Å². The predicted molar refractivity (Wildman–Crippen MR) is 126 cm³/mol. The van der Waals surface area contributed by atoms with Crippen LogP contribution in [0.5, 0.6) is 0 Å². The Bertz CT molecular complexity index is 1010. The standard InChI is InChI=1S/C25H27BBrN2/c1-4-6-8-21-14-16-28-24(18-21)25-19-22(9-7-5-2)15-17-29(25)26(28,27)23-12-10-20(3)11-13-23/h4-5,10-19H,1-2,6-9H2,3H3/q+1. The number of nitrogens with zero attached hydrogens (tertiary/aromatic N) is 2. The van der Waals surface area contributed by atoms with Crippen molar-refractivity contribution in [1.82, 2.24) is 0 Å². The summed E-state index contributed by atoms with van der Waals surface area (Å²) < 4.78 is 4.80. The van der Waals surface area contributed by atoms with Gasteiger partial charge in [0.1, 0.15) is 12.4 Å². The number of aryl methyl sites for hydroxylation is 3. The number of hydrogen-bond acceptors (Lipinski definition) is 0. The number of halogens is 1. The highest BCUT2D eigenvalue weighted by atomic mass is 79.9. The summed E-state index contributed by atoms with van der Waals surface area (Å²) in [5.41, 5.74) is 7.73. The van der Waals surface area contributed by atoms with Crippen LogP contribution in [-0.4, -0.2) is 5.24 Å². The zero-order valence-electron chi connectivity index (χ0n) is 17.0. The third-order valence-corrected chi connectivity index (χ3v) is 7.29. The van der Waals surface area contributed by atoms with Crippen molar-refractivity contribution in [1.29, 1.82) is 0 Å². The molecule has 0 amide bonds. The van der Waals surface area contributed by atoms with E-state index in [0.717, 1.165) is 25.7 Å². The van der Waals surface area contributed by atoms with E-state index < -0.39 is 5.24 Å². The summed E-state index contributed by atoms with van der Waals surface area (Å²) in [5.74, 6) is 0. The van der Waals surface area contributed by atoms with Gasteiger partial charge in [-0.3, -0.25) is 0 Å². The van der Waals surface area contributed by atoms with Gasteiger partial charge in [-0.2, -0.15) is 15.8 Å². The number of allylic oxidation sites excluding steroid dienone is 2. The molecule has 0 bridgehead atoms. The zero-order valence-corrected chi connectivity index (χ0v) is 18.6. The maximum atomic E-state index is 4.19. The molecular formula is C25H27BBrN2+. The zero-order chi connectivity index (χ0) is 20.4. The quantitative estimate of drug-likeness (QED) is 0.375. The van der Waals surface area contributed by atoms with Gasteiger partial charge in [0, 0.05) is 24.3 Å². The smallest absolute Gasteiger partial charge is 0.334 e. The van der Waals surface area contributed by atoms with Crippen LogP contribution >= 0.6 is 15.8 Å². The fraction of sp³-hybridized carbons (Fsp3) is 0.200. The lowest BCUT2D eigenvalue weighted by molar-refractivity contribution is -0.630. The summed E-state index contributed by atoms with van der Waals surface area (Å²) in [4.78, 5) is 0. The summed E-state index contributed by atoms with van der Waals surface area (Å²) in [6.07, 6.45) is 12.5. The van der Waals surface area contributed by atoms with Crippen LogP contribution in [0.3, 0.4) is 0 Å². The van der Waals surface area contributed by atoms with Crippen molar-refractivity contribution in [3.05, 3.63) is 103 Å². The maximum absolute atomic E-state index is 4.19. The van der Waals surface area contributed by atoms with E-state index in [-0.39, 0.29) is 0 Å². The predicted octanol–water partition coefficient (Wildman–Crippen LogP) is 4.43. The molecule has 0 saturated heterocycles. The molecule has 1 aliphatic rings. The molecule has 1 aliphatic heterocycles. The molecule has 0 spiro atoms. The van der Waals surface area contributed by atoms with Gasteiger partial charge in [-0.15, -0.1) is 13.2 Å². The lowest BCUT2D eigenvalue weighted by Gasteiger charge is -2.19. The molecule has 3 heterocycles. The summed E-state index contributed by atoms with van der Waals surface area (Å²) >= 11 is 4.19. The molecule has 0 unspecified atom stereocenters. The third-order valence-electron chi connectivity index (χ3n) is 5.87. The van der Waals surface area contributed by atoms with Gasteiger partial charge in [0.25, 0.3) is 0 Å². The number of benzene rings is 1. The molecule has 4 heteroatoms. The first kappa shape index (κ1) is 19.8. The first-order chi connectivity index (χ1) is 14.1. The van der Waals surface area contributed by atoms with E-state index in [1.165, 1.54) is 33.5 Å². The molecular weight excluding hydrogens is 419 g/mol. The van der Waals surface area contributed by atoms with E-state index in [1.807, 2.05) is 12.2 Å². The number of fused-ring (bicyclic) bond motifs is 3. The minimum atomic E-state index is -1.31. The second-order valence-corrected chi connectivity index (χ2v) is 9.18. The highest BCUT2D eigenvalue weighted by Gasteiger charge is 2.56. The number of pyridine rings is 2. The highest BCUT2D eigenvalue weighted by molar-refractivity contribution is 9.25. The van der Waals surface area contributed by atoms with E-state index in [2.05, 4.69) is 106 Å². The summed E-state index contributed by atoms with van der Waals surface area (Å²) in [5, 5.41) is -1.31. The largest absolute Gasteiger partial charge is 0.634 e. The SMILES string of the molecule is C=CCCc1cc[n+]2c(c1)-c1cc(CCC=C)cc[n+]1[B-]2(Br)c1ccc(C)cc1. The highest BCUT2D eigenvalue weighted by Crippen LogP contribution is 2.25. The van der Waals surface area contributed by atoms with Gasteiger partial charge in [-0.25, -0.2) is 0 Å². The number of rotatable bonds is 7. The van der Waals surface area contributed by atoms with Crippen molar-refractivity contribution in [2.45, 2.75) is 32.6 Å². The molecule has 0 radical (unpaired) electrons. The van der Waals surface area contributed by atoms with Crippen molar-refractivity contribution in [3.8, 4) is 11.4 Å². The van der Waals surface area contributed by atoms with Crippen LogP contribution in [0.2, 0.25) is 0 Å². The average molecular weight is 446 g/mol. The fourth-order valence-electron chi connectivity index (χ4n) is 4.23. The van der Waals surface area contributed by atoms with E-state index in [4.69, 9.17) is 0 Å². The Balaban J connectivity index is 1.90. The van der Waals surface area contributed by atoms with Crippen LogP contribution in [0.15, 0.2) is 86.2 Å². The Morgan fingerprint density at radius 1 is 0.828 bits per heavy atom. The Hall–Kier alpha value is -2.46.